The molecule has 4 N–H and O–H groups in total. The average molecular weight is 450 g/mol. The molecule has 1 rings (SSSR count). The largest absolute Gasteiger partial charge is 0.480 e. The summed E-state index contributed by atoms with van der Waals surface area (Å²) < 4.78 is 26.9. The zero-order chi connectivity index (χ0) is 22.0. The van der Waals surface area contributed by atoms with E-state index in [4.69, 9.17) is 26.6 Å². The number of anilines is 1. The lowest BCUT2D eigenvalue weighted by atomic mass is 10.1. The predicted octanol–water partition coefficient (Wildman–Crippen LogP) is 0.157. The first-order valence-corrected chi connectivity index (χ1v) is 11.0. The van der Waals surface area contributed by atoms with Gasteiger partial charge in [-0.25, -0.2) is 4.79 Å². The molecule has 0 aliphatic carbocycles. The second kappa shape index (κ2) is 11.6. The quantitative estimate of drug-likeness (QED) is 0.284. The number of nitrogens with zero attached hydrogens (tertiary/aromatic N) is 1. The van der Waals surface area contributed by atoms with Crippen LogP contribution in [-0.2, 0) is 23.9 Å². The number of carboxylic acids is 1. The molecule has 2 amide bonds. The Labute approximate surface area is 174 Å². The van der Waals surface area contributed by atoms with Crippen LogP contribution in [0.25, 0.3) is 0 Å². The normalized spacial score (nSPS) is 12.2. The van der Waals surface area contributed by atoms with E-state index >= 15 is 0 Å². The number of alkyl halides is 1. The highest BCUT2D eigenvalue weighted by Crippen LogP contribution is 2.16. The van der Waals surface area contributed by atoms with Crippen molar-refractivity contribution in [3.8, 4) is 0 Å². The van der Waals surface area contributed by atoms with Crippen LogP contribution in [0, 0.1) is 0 Å². The Bertz CT molecular complexity index is 815. The number of halogens is 1. The first kappa shape index (κ1) is 24.7. The van der Waals surface area contributed by atoms with Gasteiger partial charge in [0.1, 0.15) is 6.04 Å². The minimum Gasteiger partial charge on any atom is -0.480 e. The molecule has 0 aromatic heterocycles. The number of amides is 2. The van der Waals surface area contributed by atoms with E-state index in [0.717, 1.165) is 6.26 Å². The summed E-state index contributed by atoms with van der Waals surface area (Å²) in [7, 11) is -3.55. The molecule has 0 bridgehead atoms. The van der Waals surface area contributed by atoms with Gasteiger partial charge < -0.3 is 21.1 Å². The van der Waals surface area contributed by atoms with Gasteiger partial charge >= 0.3 is 5.97 Å². The molecule has 10 nitrogen and oxygen atoms in total. The highest BCUT2D eigenvalue weighted by atomic mass is 35.5. The van der Waals surface area contributed by atoms with E-state index in [0.29, 0.717) is 18.1 Å². The number of nitrogens with one attached hydrogen (secondary N) is 1. The molecule has 0 aliphatic heterocycles. The van der Waals surface area contributed by atoms with Crippen molar-refractivity contribution in [3.05, 3.63) is 29.8 Å². The van der Waals surface area contributed by atoms with Crippen LogP contribution < -0.4 is 16.0 Å². The summed E-state index contributed by atoms with van der Waals surface area (Å²) in [6.07, 6.45) is 0.678. The molecule has 0 unspecified atom stereocenters. The molecule has 1 aromatic carbocycles. The van der Waals surface area contributed by atoms with Crippen LogP contribution >= 0.6 is 11.6 Å². The molecule has 1 aromatic rings. The van der Waals surface area contributed by atoms with Gasteiger partial charge in [0.25, 0.3) is 16.0 Å². The standard InChI is InChI=1S/C17H24ClN3O7S/c1-29(26,27)28-11-10-21(9-8-18)13-4-2-12(3-5-13)16(23)20-14(17(24)25)6-7-15(19)22/h2-5,14H,6-11H2,1H3,(H2,19,22)(H,20,23)(H,24,25)/t14-/m0/s1. The highest BCUT2D eigenvalue weighted by molar-refractivity contribution is 7.85. The molecule has 29 heavy (non-hydrogen) atoms. The average Bonchev–Trinajstić information content (AvgIpc) is 2.63. The third-order valence-corrected chi connectivity index (χ3v) is 4.55. The Balaban J connectivity index is 2.79. The van der Waals surface area contributed by atoms with Gasteiger partial charge in [-0.2, -0.15) is 8.42 Å². The van der Waals surface area contributed by atoms with Gasteiger partial charge in [0.15, 0.2) is 0 Å². The summed E-state index contributed by atoms with van der Waals surface area (Å²) in [6, 6.07) is 5.00. The minimum atomic E-state index is -3.55. The summed E-state index contributed by atoms with van der Waals surface area (Å²) in [6.45, 7) is 0.631. The summed E-state index contributed by atoms with van der Waals surface area (Å²) in [4.78, 5) is 36.1. The van der Waals surface area contributed by atoms with Gasteiger partial charge in [-0.1, -0.05) is 0 Å². The molecule has 1 atom stereocenters. The van der Waals surface area contributed by atoms with Crippen LogP contribution in [0.3, 0.4) is 0 Å². The third kappa shape index (κ3) is 9.59. The third-order valence-electron chi connectivity index (χ3n) is 3.79. The van der Waals surface area contributed by atoms with Crippen molar-refractivity contribution in [1.82, 2.24) is 5.32 Å². The zero-order valence-electron chi connectivity index (χ0n) is 15.8. The summed E-state index contributed by atoms with van der Waals surface area (Å²) in [5.41, 5.74) is 5.91. The maximum atomic E-state index is 12.3. The van der Waals surface area contributed by atoms with Crippen molar-refractivity contribution in [1.29, 1.82) is 0 Å². The molecule has 0 fully saturated rings. The molecule has 12 heteroatoms. The molecule has 0 spiro atoms. The summed E-state index contributed by atoms with van der Waals surface area (Å²) in [5, 5.41) is 11.5. The first-order chi connectivity index (χ1) is 13.5. The van der Waals surface area contributed by atoms with Crippen molar-refractivity contribution in [2.24, 2.45) is 5.73 Å². The van der Waals surface area contributed by atoms with Crippen LogP contribution in [0.15, 0.2) is 24.3 Å². The minimum absolute atomic E-state index is 0.0574. The fourth-order valence-electron chi connectivity index (χ4n) is 2.38. The number of carbonyl (C=O) groups is 3. The van der Waals surface area contributed by atoms with Gasteiger partial charge in [0, 0.05) is 36.6 Å². The smallest absolute Gasteiger partial charge is 0.326 e. The zero-order valence-corrected chi connectivity index (χ0v) is 17.4. The second-order valence-electron chi connectivity index (χ2n) is 6.12. The molecule has 0 radical (unpaired) electrons. The molecule has 0 saturated carbocycles. The van der Waals surface area contributed by atoms with Crippen molar-refractivity contribution >= 4 is 45.2 Å². The first-order valence-electron chi connectivity index (χ1n) is 8.61. The number of aliphatic carboxylic acids is 1. The van der Waals surface area contributed by atoms with E-state index in [1.54, 1.807) is 17.0 Å². The van der Waals surface area contributed by atoms with Crippen LogP contribution in [0.1, 0.15) is 23.2 Å². The number of hydrogen-bond donors (Lipinski definition) is 3. The van der Waals surface area contributed by atoms with E-state index in [-0.39, 0.29) is 31.6 Å². The summed E-state index contributed by atoms with van der Waals surface area (Å²) >= 11 is 5.78. The second-order valence-corrected chi connectivity index (χ2v) is 8.14. The molecular formula is C17H24ClN3O7S. The fraction of sp³-hybridized carbons (Fsp3) is 0.471. The predicted molar refractivity (Wildman–Crippen MR) is 107 cm³/mol. The Morgan fingerprint density at radius 1 is 1.24 bits per heavy atom. The van der Waals surface area contributed by atoms with E-state index in [1.807, 2.05) is 0 Å². The van der Waals surface area contributed by atoms with Gasteiger partial charge in [-0.15, -0.1) is 11.6 Å². The topological polar surface area (TPSA) is 156 Å². The van der Waals surface area contributed by atoms with E-state index < -0.39 is 33.9 Å². The Morgan fingerprint density at radius 2 is 1.86 bits per heavy atom. The number of carboxylic acid groups (broad SMARTS) is 1. The Kier molecular flexibility index (Phi) is 9.86. The Hall–Kier alpha value is -2.37. The van der Waals surface area contributed by atoms with E-state index in [1.165, 1.54) is 12.1 Å². The van der Waals surface area contributed by atoms with Gasteiger partial charge in [-0.3, -0.25) is 13.8 Å². The van der Waals surface area contributed by atoms with Crippen molar-refractivity contribution < 1.29 is 32.1 Å². The van der Waals surface area contributed by atoms with Gasteiger partial charge in [0.2, 0.25) is 5.91 Å². The number of nitrogens with two attached hydrogens (primary N) is 1. The number of hydrogen-bond acceptors (Lipinski definition) is 7. The van der Waals surface area contributed by atoms with Crippen molar-refractivity contribution in [2.45, 2.75) is 18.9 Å². The number of rotatable bonds is 13. The van der Waals surface area contributed by atoms with Gasteiger partial charge in [0.05, 0.1) is 12.9 Å². The molecule has 0 heterocycles. The van der Waals surface area contributed by atoms with Gasteiger partial charge in [-0.05, 0) is 30.7 Å². The van der Waals surface area contributed by atoms with Crippen molar-refractivity contribution in [2.75, 3.05) is 36.7 Å². The fourth-order valence-corrected chi connectivity index (χ4v) is 2.96. The van der Waals surface area contributed by atoms with E-state index in [9.17, 15) is 22.8 Å². The lowest BCUT2D eigenvalue weighted by Crippen LogP contribution is -2.41. The van der Waals surface area contributed by atoms with Crippen LogP contribution in [0.2, 0.25) is 0 Å². The molecule has 0 aliphatic rings. The van der Waals surface area contributed by atoms with Crippen LogP contribution in [0.5, 0.6) is 0 Å². The molecular weight excluding hydrogens is 426 g/mol. The Morgan fingerprint density at radius 3 is 2.34 bits per heavy atom. The maximum Gasteiger partial charge on any atom is 0.326 e. The lowest BCUT2D eigenvalue weighted by Gasteiger charge is -2.23. The van der Waals surface area contributed by atoms with Crippen molar-refractivity contribution in [3.63, 3.8) is 0 Å². The van der Waals surface area contributed by atoms with Crippen LogP contribution in [0.4, 0.5) is 5.69 Å². The lowest BCUT2D eigenvalue weighted by molar-refractivity contribution is -0.139. The van der Waals surface area contributed by atoms with Crippen LogP contribution in [-0.4, -0.2) is 69.2 Å². The maximum absolute atomic E-state index is 12.3. The van der Waals surface area contributed by atoms with E-state index in [2.05, 4.69) is 5.32 Å². The SMILES string of the molecule is CS(=O)(=O)OCCN(CCCl)c1ccc(C(=O)N[C@@H](CCC(N)=O)C(=O)O)cc1. The number of carbonyl (C=O) groups excluding carboxylic acids is 2. The summed E-state index contributed by atoms with van der Waals surface area (Å²) in [5.74, 6) is -2.25. The highest BCUT2D eigenvalue weighted by Gasteiger charge is 2.21. The molecule has 0 saturated heterocycles. The monoisotopic (exact) mass is 449 g/mol. The number of primary amides is 1. The number of benzene rings is 1. The molecule has 162 valence electrons.